The Hall–Kier alpha value is -2.56. The summed E-state index contributed by atoms with van der Waals surface area (Å²) in [6.45, 7) is 0.616. The number of carbonyl (C=O) groups excluding carboxylic acids is 1. The number of sulfonamides is 1. The second kappa shape index (κ2) is 8.29. The van der Waals surface area contributed by atoms with Crippen LogP contribution in [0.3, 0.4) is 0 Å². The summed E-state index contributed by atoms with van der Waals surface area (Å²) < 4.78 is 31.9. The summed E-state index contributed by atoms with van der Waals surface area (Å²) >= 11 is 1.38. The van der Waals surface area contributed by atoms with Gasteiger partial charge in [-0.15, -0.1) is 0 Å². The van der Waals surface area contributed by atoms with Crippen molar-refractivity contribution < 1.29 is 17.9 Å². The molecule has 0 N–H and O–H groups in total. The Morgan fingerprint density at radius 3 is 2.90 bits per heavy atom. The van der Waals surface area contributed by atoms with E-state index in [9.17, 15) is 13.2 Å². The topological polar surface area (TPSA) is 92.7 Å². The van der Waals surface area contributed by atoms with Gasteiger partial charge in [-0.3, -0.25) is 14.7 Å². The third kappa shape index (κ3) is 4.16. The zero-order chi connectivity index (χ0) is 21.3. The average Bonchev–Trinajstić information content (AvgIpc) is 3.38. The molecule has 1 aromatic carbocycles. The Morgan fingerprint density at radius 1 is 1.37 bits per heavy atom. The second-order valence-electron chi connectivity index (χ2n) is 7.15. The van der Waals surface area contributed by atoms with E-state index in [4.69, 9.17) is 4.74 Å². The van der Waals surface area contributed by atoms with Crippen molar-refractivity contribution in [1.82, 2.24) is 14.3 Å². The van der Waals surface area contributed by atoms with Crippen LogP contribution in [0.2, 0.25) is 0 Å². The molecule has 0 radical (unpaired) electrons. The second-order valence-corrected chi connectivity index (χ2v) is 10.1. The third-order valence-electron chi connectivity index (χ3n) is 5.06. The molecule has 1 amide bonds. The van der Waals surface area contributed by atoms with Crippen molar-refractivity contribution >= 4 is 42.6 Å². The van der Waals surface area contributed by atoms with Crippen molar-refractivity contribution in [3.05, 3.63) is 48.3 Å². The number of hydrogen-bond donors (Lipinski definition) is 0. The van der Waals surface area contributed by atoms with Crippen LogP contribution >= 0.6 is 11.3 Å². The van der Waals surface area contributed by atoms with Gasteiger partial charge in [-0.25, -0.2) is 13.4 Å². The molecule has 8 nitrogen and oxygen atoms in total. The van der Waals surface area contributed by atoms with Gasteiger partial charge >= 0.3 is 0 Å². The van der Waals surface area contributed by atoms with Crippen molar-refractivity contribution in [2.45, 2.75) is 25.4 Å². The first-order valence-electron chi connectivity index (χ1n) is 9.48. The van der Waals surface area contributed by atoms with Crippen molar-refractivity contribution in [3.63, 3.8) is 0 Å². The molecule has 3 heterocycles. The summed E-state index contributed by atoms with van der Waals surface area (Å²) in [7, 11) is -1.88. The number of thiazole rings is 1. The van der Waals surface area contributed by atoms with Crippen LogP contribution in [0.25, 0.3) is 10.2 Å². The van der Waals surface area contributed by atoms with E-state index >= 15 is 0 Å². The smallest absolute Gasteiger partial charge is 0.247 e. The van der Waals surface area contributed by atoms with Crippen molar-refractivity contribution in [3.8, 4) is 5.75 Å². The van der Waals surface area contributed by atoms with Gasteiger partial charge in [0.25, 0.3) is 0 Å². The summed E-state index contributed by atoms with van der Waals surface area (Å²) in [5, 5.41) is 0.521. The number of rotatable bonds is 6. The van der Waals surface area contributed by atoms with Gasteiger partial charge in [0.15, 0.2) is 5.13 Å². The molecule has 2 aromatic heterocycles. The van der Waals surface area contributed by atoms with E-state index in [2.05, 4.69) is 9.97 Å². The predicted octanol–water partition coefficient (Wildman–Crippen LogP) is 2.66. The van der Waals surface area contributed by atoms with Crippen LogP contribution < -0.4 is 9.64 Å². The molecule has 4 rings (SSSR count). The summed E-state index contributed by atoms with van der Waals surface area (Å²) in [5.74, 6) is 0.440. The van der Waals surface area contributed by atoms with Crippen LogP contribution in [-0.2, 0) is 21.4 Å². The number of hydrogen-bond acceptors (Lipinski definition) is 7. The maximum absolute atomic E-state index is 13.5. The summed E-state index contributed by atoms with van der Waals surface area (Å²) in [6.07, 6.45) is 5.66. The van der Waals surface area contributed by atoms with Crippen LogP contribution in [0.4, 0.5) is 5.13 Å². The van der Waals surface area contributed by atoms with Gasteiger partial charge in [-0.2, -0.15) is 4.31 Å². The van der Waals surface area contributed by atoms with E-state index in [-0.39, 0.29) is 12.5 Å². The lowest BCUT2D eigenvalue weighted by molar-refractivity contribution is -0.121. The molecule has 158 valence electrons. The molecular formula is C20H22N4O4S2. The highest BCUT2D eigenvalue weighted by Gasteiger charge is 2.39. The highest BCUT2D eigenvalue weighted by atomic mass is 32.2. The van der Waals surface area contributed by atoms with Gasteiger partial charge in [0, 0.05) is 18.9 Å². The molecule has 3 aromatic rings. The van der Waals surface area contributed by atoms with Crippen LogP contribution in [-0.4, -0.2) is 54.6 Å². The number of benzene rings is 1. The van der Waals surface area contributed by atoms with Crippen LogP contribution in [0.1, 0.15) is 18.4 Å². The van der Waals surface area contributed by atoms with Crippen molar-refractivity contribution in [2.75, 3.05) is 24.8 Å². The van der Waals surface area contributed by atoms with Crippen molar-refractivity contribution in [1.29, 1.82) is 0 Å². The van der Waals surface area contributed by atoms with E-state index in [1.54, 1.807) is 30.5 Å². The first-order chi connectivity index (χ1) is 14.4. The average molecular weight is 447 g/mol. The maximum atomic E-state index is 13.5. The van der Waals surface area contributed by atoms with Crippen LogP contribution in [0.15, 0.2) is 42.7 Å². The van der Waals surface area contributed by atoms with Crippen molar-refractivity contribution in [2.24, 2.45) is 0 Å². The number of ether oxygens (including phenoxy) is 1. The summed E-state index contributed by atoms with van der Waals surface area (Å²) in [4.78, 5) is 23.9. The number of amides is 1. The van der Waals surface area contributed by atoms with E-state index in [1.807, 2.05) is 24.3 Å². The molecule has 1 unspecified atom stereocenters. The lowest BCUT2D eigenvalue weighted by Gasteiger charge is -2.27. The number of methoxy groups -OCH3 is 1. The minimum atomic E-state index is -3.48. The molecule has 1 atom stereocenters. The SMILES string of the molecule is COc1ccc2nc(N(Cc3cccnc3)C(=O)C3CCCN3S(C)(=O)=O)sc2c1. The number of pyridine rings is 1. The molecule has 0 spiro atoms. The molecule has 1 aliphatic rings. The minimum absolute atomic E-state index is 0.262. The fraction of sp³-hybridized carbons (Fsp3) is 0.350. The number of carbonyl (C=O) groups is 1. The fourth-order valence-corrected chi connectivity index (χ4v) is 5.73. The monoisotopic (exact) mass is 446 g/mol. The fourth-order valence-electron chi connectivity index (χ4n) is 3.61. The number of aromatic nitrogens is 2. The van der Waals surface area contributed by atoms with Gasteiger partial charge in [0.05, 0.1) is 30.1 Å². The molecule has 1 aliphatic heterocycles. The maximum Gasteiger partial charge on any atom is 0.247 e. The number of fused-ring (bicyclic) bond motifs is 1. The van der Waals surface area contributed by atoms with Gasteiger partial charge in [-0.1, -0.05) is 17.4 Å². The largest absolute Gasteiger partial charge is 0.497 e. The Labute approximate surface area is 179 Å². The third-order valence-corrected chi connectivity index (χ3v) is 7.39. The molecule has 0 bridgehead atoms. The predicted molar refractivity (Wildman–Crippen MR) is 116 cm³/mol. The molecule has 0 saturated carbocycles. The molecule has 30 heavy (non-hydrogen) atoms. The lowest BCUT2D eigenvalue weighted by Crippen LogP contribution is -2.47. The van der Waals surface area contributed by atoms with E-state index < -0.39 is 16.1 Å². The molecule has 1 saturated heterocycles. The summed E-state index contributed by atoms with van der Waals surface area (Å²) in [6, 6.07) is 8.51. The Balaban J connectivity index is 1.74. The molecule has 0 aliphatic carbocycles. The van der Waals surface area contributed by atoms with Gasteiger partial charge in [0.1, 0.15) is 11.8 Å². The van der Waals surface area contributed by atoms with Crippen LogP contribution in [0, 0.1) is 0 Å². The standard InChI is InChI=1S/C20H22N4O4S2/c1-28-15-7-8-16-18(11-15)29-20(22-16)23(13-14-5-3-9-21-12-14)19(25)17-6-4-10-24(17)30(2,26)27/h3,5,7-9,11-12,17H,4,6,10,13H2,1-2H3. The highest BCUT2D eigenvalue weighted by molar-refractivity contribution is 7.88. The quantitative estimate of drug-likeness (QED) is 0.578. The van der Waals surface area contributed by atoms with Crippen LogP contribution in [0.5, 0.6) is 5.75 Å². The number of nitrogens with zero attached hydrogens (tertiary/aromatic N) is 4. The zero-order valence-corrected chi connectivity index (χ0v) is 18.3. The molecule has 1 fully saturated rings. The lowest BCUT2D eigenvalue weighted by atomic mass is 10.2. The first kappa shape index (κ1) is 20.7. The number of anilines is 1. The Morgan fingerprint density at radius 2 is 2.20 bits per heavy atom. The molecule has 10 heteroatoms. The Kier molecular flexibility index (Phi) is 5.72. The zero-order valence-electron chi connectivity index (χ0n) is 16.7. The highest BCUT2D eigenvalue weighted by Crippen LogP contribution is 2.34. The van der Waals surface area contributed by atoms with Gasteiger partial charge < -0.3 is 4.74 Å². The summed E-state index contributed by atoms with van der Waals surface area (Å²) in [5.41, 5.74) is 1.60. The van der Waals surface area contributed by atoms with Gasteiger partial charge in [0.2, 0.25) is 15.9 Å². The van der Waals surface area contributed by atoms with E-state index in [1.165, 1.54) is 15.6 Å². The minimum Gasteiger partial charge on any atom is -0.497 e. The van der Waals surface area contributed by atoms with E-state index in [0.29, 0.717) is 30.3 Å². The molecular weight excluding hydrogens is 424 g/mol. The normalized spacial score (nSPS) is 17.3. The van der Waals surface area contributed by atoms with Gasteiger partial charge in [-0.05, 0) is 42.7 Å². The first-order valence-corrected chi connectivity index (χ1v) is 12.1. The Bertz CT molecular complexity index is 1160. The van der Waals surface area contributed by atoms with E-state index in [0.717, 1.165) is 22.0 Å².